The number of aromatic nitrogens is 1. The summed E-state index contributed by atoms with van der Waals surface area (Å²) in [6, 6.07) is 11.9. The van der Waals surface area contributed by atoms with Crippen LogP contribution in [-0.4, -0.2) is 12.1 Å². The second-order valence-corrected chi connectivity index (χ2v) is 4.51. The van der Waals surface area contributed by atoms with Gasteiger partial charge in [0.05, 0.1) is 6.04 Å². The molecule has 0 amide bonds. The molecule has 4 nitrogen and oxygen atoms in total. The third kappa shape index (κ3) is 3.17. The zero-order chi connectivity index (χ0) is 13.7. The topological polar surface area (TPSA) is 60.2 Å². The van der Waals surface area contributed by atoms with Crippen LogP contribution in [0, 0.1) is 6.92 Å². The lowest BCUT2D eigenvalue weighted by Gasteiger charge is -2.26. The minimum atomic E-state index is -0.158. The van der Waals surface area contributed by atoms with Gasteiger partial charge < -0.3 is 4.74 Å². The van der Waals surface area contributed by atoms with Gasteiger partial charge in [-0.15, -0.1) is 0 Å². The first-order chi connectivity index (χ1) is 9.26. The SMILES string of the molecule is COC(c1ccccc1)C(NN)c1cncc(C)c1. The van der Waals surface area contributed by atoms with Crippen LogP contribution < -0.4 is 11.3 Å². The lowest BCUT2D eigenvalue weighted by Crippen LogP contribution is -2.33. The van der Waals surface area contributed by atoms with Gasteiger partial charge >= 0.3 is 0 Å². The molecule has 3 N–H and O–H groups in total. The zero-order valence-electron chi connectivity index (χ0n) is 11.2. The van der Waals surface area contributed by atoms with E-state index in [-0.39, 0.29) is 12.1 Å². The highest BCUT2D eigenvalue weighted by Gasteiger charge is 2.23. The van der Waals surface area contributed by atoms with Crippen molar-refractivity contribution < 1.29 is 4.74 Å². The normalized spacial score (nSPS) is 14.1. The highest BCUT2D eigenvalue weighted by Crippen LogP contribution is 2.30. The van der Waals surface area contributed by atoms with E-state index in [9.17, 15) is 0 Å². The quantitative estimate of drug-likeness (QED) is 0.637. The first kappa shape index (κ1) is 13.7. The van der Waals surface area contributed by atoms with Gasteiger partial charge in [0.1, 0.15) is 6.10 Å². The Morgan fingerprint density at radius 2 is 1.89 bits per heavy atom. The molecule has 2 unspecified atom stereocenters. The molecule has 2 atom stereocenters. The van der Waals surface area contributed by atoms with Crippen molar-refractivity contribution >= 4 is 0 Å². The van der Waals surface area contributed by atoms with Gasteiger partial charge in [0, 0.05) is 19.5 Å². The first-order valence-corrected chi connectivity index (χ1v) is 6.21. The van der Waals surface area contributed by atoms with Crippen molar-refractivity contribution in [2.75, 3.05) is 7.11 Å². The standard InChI is InChI=1S/C15H19N3O/c1-11-8-13(10-17-9-11)14(18-16)15(19-2)12-6-4-3-5-7-12/h3-10,14-15,18H,16H2,1-2H3. The molecule has 0 bridgehead atoms. The summed E-state index contributed by atoms with van der Waals surface area (Å²) in [6.45, 7) is 2.01. The van der Waals surface area contributed by atoms with E-state index in [1.807, 2.05) is 49.6 Å². The Kier molecular flexibility index (Phi) is 4.63. The second-order valence-electron chi connectivity index (χ2n) is 4.51. The monoisotopic (exact) mass is 257 g/mol. The maximum Gasteiger partial charge on any atom is 0.103 e. The van der Waals surface area contributed by atoms with Crippen molar-refractivity contribution in [1.29, 1.82) is 0 Å². The molecule has 0 aliphatic rings. The number of hydrogen-bond acceptors (Lipinski definition) is 4. The Labute approximate surface area is 113 Å². The van der Waals surface area contributed by atoms with E-state index in [4.69, 9.17) is 10.6 Å². The van der Waals surface area contributed by atoms with Crippen LogP contribution in [0.25, 0.3) is 0 Å². The molecule has 0 saturated heterocycles. The summed E-state index contributed by atoms with van der Waals surface area (Å²) in [7, 11) is 1.69. The molecular weight excluding hydrogens is 238 g/mol. The van der Waals surface area contributed by atoms with Crippen molar-refractivity contribution in [3.8, 4) is 0 Å². The molecule has 4 heteroatoms. The number of hydrogen-bond donors (Lipinski definition) is 2. The minimum Gasteiger partial charge on any atom is -0.375 e. The average molecular weight is 257 g/mol. The van der Waals surface area contributed by atoms with Gasteiger partial charge in [-0.25, -0.2) is 5.43 Å². The molecule has 1 heterocycles. The van der Waals surface area contributed by atoms with E-state index in [0.717, 1.165) is 16.7 Å². The van der Waals surface area contributed by atoms with E-state index in [1.54, 1.807) is 7.11 Å². The maximum absolute atomic E-state index is 5.71. The highest BCUT2D eigenvalue weighted by atomic mass is 16.5. The van der Waals surface area contributed by atoms with Crippen LogP contribution in [-0.2, 0) is 4.74 Å². The first-order valence-electron chi connectivity index (χ1n) is 6.21. The number of pyridine rings is 1. The summed E-state index contributed by atoms with van der Waals surface area (Å²) in [5.41, 5.74) is 6.02. The van der Waals surface area contributed by atoms with Crippen molar-refractivity contribution in [2.45, 2.75) is 19.1 Å². The minimum absolute atomic E-state index is 0.139. The Hall–Kier alpha value is -1.75. The smallest absolute Gasteiger partial charge is 0.103 e. The third-order valence-electron chi connectivity index (χ3n) is 3.12. The Bertz CT molecular complexity index is 516. The predicted octanol–water partition coefficient (Wildman–Crippen LogP) is 2.28. The van der Waals surface area contributed by atoms with Gasteiger partial charge in [0.2, 0.25) is 0 Å². The number of nitrogens with one attached hydrogen (secondary N) is 1. The number of methoxy groups -OCH3 is 1. The lowest BCUT2D eigenvalue weighted by molar-refractivity contribution is 0.0675. The molecule has 0 aliphatic heterocycles. The lowest BCUT2D eigenvalue weighted by atomic mass is 9.96. The van der Waals surface area contributed by atoms with Gasteiger partial charge in [-0.3, -0.25) is 10.8 Å². The number of aryl methyl sites for hydroxylation is 1. The maximum atomic E-state index is 5.71. The van der Waals surface area contributed by atoms with Crippen LogP contribution in [0.5, 0.6) is 0 Å². The summed E-state index contributed by atoms with van der Waals surface area (Å²) in [6.07, 6.45) is 3.48. The number of benzene rings is 1. The molecule has 100 valence electrons. The van der Waals surface area contributed by atoms with Crippen LogP contribution in [0.4, 0.5) is 0 Å². The predicted molar refractivity (Wildman–Crippen MR) is 75.2 cm³/mol. The highest BCUT2D eigenvalue weighted by molar-refractivity contribution is 5.26. The number of nitrogens with two attached hydrogens (primary N) is 1. The molecule has 0 radical (unpaired) electrons. The van der Waals surface area contributed by atoms with Gasteiger partial charge in [0.15, 0.2) is 0 Å². The molecule has 19 heavy (non-hydrogen) atoms. The van der Waals surface area contributed by atoms with Crippen molar-refractivity contribution in [3.05, 3.63) is 65.5 Å². The Balaban J connectivity index is 2.34. The van der Waals surface area contributed by atoms with Gasteiger partial charge in [-0.1, -0.05) is 36.4 Å². The molecule has 1 aromatic carbocycles. The average Bonchev–Trinajstić information content (AvgIpc) is 2.45. The van der Waals surface area contributed by atoms with E-state index in [0.29, 0.717) is 0 Å². The van der Waals surface area contributed by atoms with E-state index < -0.39 is 0 Å². The molecule has 2 aromatic rings. The van der Waals surface area contributed by atoms with Crippen LogP contribution in [0.15, 0.2) is 48.8 Å². The Morgan fingerprint density at radius 1 is 1.16 bits per heavy atom. The zero-order valence-corrected chi connectivity index (χ0v) is 11.2. The van der Waals surface area contributed by atoms with E-state index >= 15 is 0 Å². The third-order valence-corrected chi connectivity index (χ3v) is 3.12. The van der Waals surface area contributed by atoms with Crippen molar-refractivity contribution in [1.82, 2.24) is 10.4 Å². The number of ether oxygens (including phenoxy) is 1. The molecule has 0 aliphatic carbocycles. The van der Waals surface area contributed by atoms with Crippen LogP contribution in [0.1, 0.15) is 28.8 Å². The molecule has 2 rings (SSSR count). The fraction of sp³-hybridized carbons (Fsp3) is 0.267. The number of rotatable bonds is 5. The van der Waals surface area contributed by atoms with Crippen molar-refractivity contribution in [3.63, 3.8) is 0 Å². The molecule has 0 spiro atoms. The van der Waals surface area contributed by atoms with Gasteiger partial charge in [-0.05, 0) is 23.6 Å². The van der Waals surface area contributed by atoms with Crippen LogP contribution in [0.2, 0.25) is 0 Å². The number of nitrogens with zero attached hydrogens (tertiary/aromatic N) is 1. The summed E-state index contributed by atoms with van der Waals surface area (Å²) in [5.74, 6) is 5.71. The Morgan fingerprint density at radius 3 is 2.47 bits per heavy atom. The number of hydrazine groups is 1. The van der Waals surface area contributed by atoms with E-state index in [1.165, 1.54) is 0 Å². The molecule has 0 saturated carbocycles. The van der Waals surface area contributed by atoms with E-state index in [2.05, 4.69) is 16.5 Å². The van der Waals surface area contributed by atoms with Gasteiger partial charge in [0.25, 0.3) is 0 Å². The summed E-state index contributed by atoms with van der Waals surface area (Å²) < 4.78 is 5.61. The summed E-state index contributed by atoms with van der Waals surface area (Å²) in [4.78, 5) is 4.21. The van der Waals surface area contributed by atoms with Crippen molar-refractivity contribution in [2.24, 2.45) is 5.84 Å². The second kappa shape index (κ2) is 6.43. The summed E-state index contributed by atoms with van der Waals surface area (Å²) in [5, 5.41) is 0. The fourth-order valence-corrected chi connectivity index (χ4v) is 2.21. The van der Waals surface area contributed by atoms with Gasteiger partial charge in [-0.2, -0.15) is 0 Å². The fourth-order valence-electron chi connectivity index (χ4n) is 2.21. The van der Waals surface area contributed by atoms with Crippen LogP contribution >= 0.6 is 0 Å². The summed E-state index contributed by atoms with van der Waals surface area (Å²) >= 11 is 0. The molecule has 0 fully saturated rings. The van der Waals surface area contributed by atoms with Crippen LogP contribution in [0.3, 0.4) is 0 Å². The molecule has 1 aromatic heterocycles. The largest absolute Gasteiger partial charge is 0.375 e. The molecular formula is C15H19N3O.